The van der Waals surface area contributed by atoms with Crippen LogP contribution in [0.5, 0.6) is 17.2 Å². The maximum atomic E-state index is 12.9. The highest BCUT2D eigenvalue weighted by molar-refractivity contribution is 6.05. The van der Waals surface area contributed by atoms with E-state index in [1.54, 1.807) is 12.1 Å². The number of tetrazole rings is 1. The molecule has 8 heteroatoms. The van der Waals surface area contributed by atoms with E-state index in [-0.39, 0.29) is 5.91 Å². The number of benzene rings is 3. The van der Waals surface area contributed by atoms with Crippen molar-refractivity contribution in [2.24, 2.45) is 0 Å². The van der Waals surface area contributed by atoms with E-state index in [0.717, 1.165) is 17.7 Å². The molecule has 0 saturated heterocycles. The topological polar surface area (TPSA) is 102 Å². The lowest BCUT2D eigenvalue weighted by Crippen LogP contribution is -2.12. The zero-order valence-electron chi connectivity index (χ0n) is 19.7. The number of nitrogens with one attached hydrogen (secondary N) is 2. The number of nitrogens with zero attached hydrogens (tertiary/aromatic N) is 3. The van der Waals surface area contributed by atoms with Crippen molar-refractivity contribution in [1.29, 1.82) is 0 Å². The summed E-state index contributed by atoms with van der Waals surface area (Å²) in [7, 11) is 0. The second kappa shape index (κ2) is 12.3. The van der Waals surface area contributed by atoms with Crippen LogP contribution in [0.3, 0.4) is 0 Å². The number of para-hydroxylation sites is 3. The number of carbonyl (C=O) groups is 1. The molecule has 35 heavy (non-hydrogen) atoms. The molecule has 4 aromatic rings. The summed E-state index contributed by atoms with van der Waals surface area (Å²) in [6, 6.07) is 22.2. The highest BCUT2D eigenvalue weighted by atomic mass is 16.5. The van der Waals surface area contributed by atoms with Gasteiger partial charge in [0.05, 0.1) is 12.3 Å². The lowest BCUT2D eigenvalue weighted by atomic mass is 10.1. The third kappa shape index (κ3) is 6.89. The van der Waals surface area contributed by atoms with Crippen molar-refractivity contribution in [3.05, 3.63) is 89.7 Å². The number of carbonyl (C=O) groups excluding carboxylic acids is 1. The number of H-pyrrole nitrogens is 1. The van der Waals surface area contributed by atoms with Gasteiger partial charge in [-0.05, 0) is 59.3 Å². The van der Waals surface area contributed by atoms with E-state index in [0.29, 0.717) is 41.6 Å². The van der Waals surface area contributed by atoms with Gasteiger partial charge in [-0.15, -0.1) is 5.10 Å². The lowest BCUT2D eigenvalue weighted by Gasteiger charge is -2.14. The summed E-state index contributed by atoms with van der Waals surface area (Å²) in [5, 5.41) is 16.9. The van der Waals surface area contributed by atoms with Crippen LogP contribution in [-0.2, 0) is 6.42 Å². The van der Waals surface area contributed by atoms with Gasteiger partial charge in [0.25, 0.3) is 5.91 Å². The molecule has 0 saturated carbocycles. The van der Waals surface area contributed by atoms with Crippen molar-refractivity contribution < 1.29 is 14.3 Å². The van der Waals surface area contributed by atoms with E-state index in [1.807, 2.05) is 60.7 Å². The first-order chi connectivity index (χ1) is 17.2. The summed E-state index contributed by atoms with van der Waals surface area (Å²) in [5.41, 5.74) is 2.03. The Labute approximate surface area is 204 Å². The maximum absolute atomic E-state index is 12.9. The fraction of sp³-hybridized carbons (Fsp3) is 0.259. The average molecular weight is 472 g/mol. The standard InChI is InChI=1S/C27H29N5O3/c1-2-3-4-9-18-34-22-16-14-20(15-17-22)27(33)28-23-11-6-8-13-25(23)35-24-12-7-5-10-21(24)19-26-29-31-32-30-26/h5-8,10-17H,2-4,9,18-19H2,1H3,(H,28,33)(H,29,30,31,32). The summed E-state index contributed by atoms with van der Waals surface area (Å²) in [6.07, 6.45) is 5.11. The SMILES string of the molecule is CCCCCCOc1ccc(C(=O)Nc2ccccc2Oc2ccccc2Cc2nnn[nH]2)cc1. The van der Waals surface area contributed by atoms with Gasteiger partial charge in [0.15, 0.2) is 11.6 Å². The first kappa shape index (κ1) is 23.9. The molecule has 0 unspecified atom stereocenters. The van der Waals surface area contributed by atoms with Gasteiger partial charge in [-0.1, -0.05) is 56.5 Å². The van der Waals surface area contributed by atoms with Crippen molar-refractivity contribution in [3.8, 4) is 17.2 Å². The van der Waals surface area contributed by atoms with E-state index < -0.39 is 0 Å². The molecule has 0 bridgehead atoms. The van der Waals surface area contributed by atoms with E-state index in [9.17, 15) is 4.79 Å². The molecular formula is C27H29N5O3. The largest absolute Gasteiger partial charge is 0.494 e. The molecule has 1 heterocycles. The molecule has 1 aromatic heterocycles. The summed E-state index contributed by atoms with van der Waals surface area (Å²) in [6.45, 7) is 2.87. The zero-order chi connectivity index (χ0) is 24.3. The molecule has 0 aliphatic rings. The van der Waals surface area contributed by atoms with Crippen LogP contribution in [0.1, 0.15) is 54.4 Å². The quantitative estimate of drug-likeness (QED) is 0.253. The van der Waals surface area contributed by atoms with Gasteiger partial charge >= 0.3 is 0 Å². The Balaban J connectivity index is 1.40. The van der Waals surface area contributed by atoms with Crippen LogP contribution in [-0.4, -0.2) is 33.1 Å². The van der Waals surface area contributed by atoms with Crippen molar-refractivity contribution in [2.45, 2.75) is 39.0 Å². The minimum atomic E-state index is -0.225. The van der Waals surface area contributed by atoms with Crippen LogP contribution in [0.4, 0.5) is 5.69 Å². The molecule has 4 rings (SSSR count). The Morgan fingerprint density at radius 3 is 2.46 bits per heavy atom. The number of ether oxygens (including phenoxy) is 2. The normalized spacial score (nSPS) is 10.7. The minimum absolute atomic E-state index is 0.225. The Hall–Kier alpha value is -4.20. The smallest absolute Gasteiger partial charge is 0.255 e. The Morgan fingerprint density at radius 2 is 1.69 bits per heavy atom. The van der Waals surface area contributed by atoms with Crippen LogP contribution in [0.25, 0.3) is 0 Å². The van der Waals surface area contributed by atoms with E-state index in [1.165, 1.54) is 19.3 Å². The van der Waals surface area contributed by atoms with Gasteiger partial charge < -0.3 is 14.8 Å². The molecule has 2 N–H and O–H groups in total. The molecule has 3 aromatic carbocycles. The first-order valence-electron chi connectivity index (χ1n) is 11.8. The van der Waals surface area contributed by atoms with Gasteiger partial charge in [0, 0.05) is 17.5 Å². The number of aromatic amines is 1. The number of unbranched alkanes of at least 4 members (excludes halogenated alkanes) is 3. The third-order valence-electron chi connectivity index (χ3n) is 5.46. The van der Waals surface area contributed by atoms with E-state index >= 15 is 0 Å². The number of hydrogen-bond donors (Lipinski definition) is 2. The monoisotopic (exact) mass is 471 g/mol. The van der Waals surface area contributed by atoms with E-state index in [4.69, 9.17) is 9.47 Å². The van der Waals surface area contributed by atoms with Crippen LogP contribution in [0.2, 0.25) is 0 Å². The number of hydrogen-bond acceptors (Lipinski definition) is 6. The Bertz CT molecular complexity index is 1210. The number of rotatable bonds is 12. The van der Waals surface area contributed by atoms with Crippen molar-refractivity contribution in [3.63, 3.8) is 0 Å². The minimum Gasteiger partial charge on any atom is -0.494 e. The van der Waals surface area contributed by atoms with Crippen molar-refractivity contribution in [2.75, 3.05) is 11.9 Å². The van der Waals surface area contributed by atoms with Crippen LogP contribution < -0.4 is 14.8 Å². The second-order valence-electron chi connectivity index (χ2n) is 8.12. The van der Waals surface area contributed by atoms with Gasteiger partial charge in [-0.2, -0.15) is 0 Å². The fourth-order valence-corrected chi connectivity index (χ4v) is 3.58. The van der Waals surface area contributed by atoms with Crippen molar-refractivity contribution >= 4 is 11.6 Å². The molecule has 0 spiro atoms. The van der Waals surface area contributed by atoms with Gasteiger partial charge in [-0.25, -0.2) is 5.10 Å². The summed E-state index contributed by atoms with van der Waals surface area (Å²) >= 11 is 0. The van der Waals surface area contributed by atoms with Crippen LogP contribution in [0.15, 0.2) is 72.8 Å². The number of amides is 1. The molecular weight excluding hydrogens is 442 g/mol. The maximum Gasteiger partial charge on any atom is 0.255 e. The van der Waals surface area contributed by atoms with Crippen LogP contribution in [0, 0.1) is 0 Å². The first-order valence-corrected chi connectivity index (χ1v) is 11.8. The Morgan fingerprint density at radius 1 is 0.914 bits per heavy atom. The van der Waals surface area contributed by atoms with Gasteiger partial charge in [0.2, 0.25) is 0 Å². The molecule has 0 aliphatic heterocycles. The predicted octanol–water partition coefficient (Wildman–Crippen LogP) is 5.79. The van der Waals surface area contributed by atoms with Gasteiger partial charge in [0.1, 0.15) is 11.5 Å². The molecule has 1 amide bonds. The predicted molar refractivity (Wildman–Crippen MR) is 134 cm³/mol. The number of anilines is 1. The van der Waals surface area contributed by atoms with Gasteiger partial charge in [-0.3, -0.25) is 4.79 Å². The molecule has 0 radical (unpaired) electrons. The molecule has 180 valence electrons. The summed E-state index contributed by atoms with van der Waals surface area (Å²) in [5.74, 6) is 2.37. The second-order valence-corrected chi connectivity index (χ2v) is 8.12. The lowest BCUT2D eigenvalue weighted by molar-refractivity contribution is 0.102. The van der Waals surface area contributed by atoms with E-state index in [2.05, 4.69) is 32.9 Å². The summed E-state index contributed by atoms with van der Waals surface area (Å²) < 4.78 is 12.0. The Kier molecular flexibility index (Phi) is 8.42. The molecule has 0 atom stereocenters. The fourth-order valence-electron chi connectivity index (χ4n) is 3.58. The third-order valence-corrected chi connectivity index (χ3v) is 5.46. The molecule has 8 nitrogen and oxygen atoms in total. The highest BCUT2D eigenvalue weighted by Gasteiger charge is 2.13. The van der Waals surface area contributed by atoms with Crippen molar-refractivity contribution in [1.82, 2.24) is 20.6 Å². The molecule has 0 aliphatic carbocycles. The molecule has 0 fully saturated rings. The summed E-state index contributed by atoms with van der Waals surface area (Å²) in [4.78, 5) is 12.9. The number of aromatic nitrogens is 4. The highest BCUT2D eigenvalue weighted by Crippen LogP contribution is 2.32. The van der Waals surface area contributed by atoms with Crippen LogP contribution >= 0.6 is 0 Å². The zero-order valence-corrected chi connectivity index (χ0v) is 19.7. The average Bonchev–Trinajstić information content (AvgIpc) is 3.40.